The van der Waals surface area contributed by atoms with Crippen LogP contribution in [0, 0.1) is 5.92 Å². The Morgan fingerprint density at radius 2 is 2.03 bits per heavy atom. The van der Waals surface area contributed by atoms with Gasteiger partial charge in [-0.05, 0) is 63.0 Å². The maximum atomic E-state index is 12.5. The van der Waals surface area contributed by atoms with E-state index in [0.29, 0.717) is 19.4 Å². The van der Waals surface area contributed by atoms with E-state index in [1.165, 1.54) is 12.5 Å². The molecule has 2 heterocycles. The fourth-order valence-corrected chi connectivity index (χ4v) is 4.53. The van der Waals surface area contributed by atoms with Gasteiger partial charge in [0, 0.05) is 31.6 Å². The van der Waals surface area contributed by atoms with Gasteiger partial charge in [-0.3, -0.25) is 9.59 Å². The lowest BCUT2D eigenvalue weighted by Gasteiger charge is -2.41. The van der Waals surface area contributed by atoms with Crippen LogP contribution < -0.4 is 16.0 Å². The number of nitrogens with zero attached hydrogens (tertiary/aromatic N) is 1. The summed E-state index contributed by atoms with van der Waals surface area (Å²) in [4.78, 5) is 28.5. The number of anilines is 1. The van der Waals surface area contributed by atoms with Gasteiger partial charge in [0.25, 0.3) is 0 Å². The quantitative estimate of drug-likeness (QED) is 0.254. The summed E-state index contributed by atoms with van der Waals surface area (Å²) in [5, 5.41) is 38.6. The molecule has 31 heavy (non-hydrogen) atoms. The highest BCUT2D eigenvalue weighted by Crippen LogP contribution is 2.35. The Balaban J connectivity index is 1.41. The van der Waals surface area contributed by atoms with Crippen molar-refractivity contribution in [2.75, 3.05) is 18.4 Å². The maximum Gasteiger partial charge on any atom is 0.223 e. The fraction of sp³-hybridized carbons (Fsp3) is 0.682. The van der Waals surface area contributed by atoms with E-state index in [1.807, 2.05) is 0 Å². The number of carbonyl (C=O) groups excluding carboxylic acids is 2. The molecule has 0 bridgehead atoms. The largest absolute Gasteiger partial charge is 0.388 e. The van der Waals surface area contributed by atoms with Crippen molar-refractivity contribution in [1.29, 1.82) is 0 Å². The first kappa shape index (κ1) is 23.4. The van der Waals surface area contributed by atoms with E-state index in [-0.39, 0.29) is 24.7 Å². The first-order chi connectivity index (χ1) is 14.8. The van der Waals surface area contributed by atoms with Crippen LogP contribution in [0.2, 0.25) is 0 Å². The summed E-state index contributed by atoms with van der Waals surface area (Å²) in [5.74, 6) is 0.242. The van der Waals surface area contributed by atoms with E-state index >= 15 is 0 Å². The van der Waals surface area contributed by atoms with Gasteiger partial charge in [-0.25, -0.2) is 4.98 Å². The second kappa shape index (κ2) is 10.4. The highest BCUT2D eigenvalue weighted by molar-refractivity contribution is 5.78. The van der Waals surface area contributed by atoms with Crippen molar-refractivity contribution < 1.29 is 24.9 Å². The summed E-state index contributed by atoms with van der Waals surface area (Å²) in [6, 6.07) is 3.01. The van der Waals surface area contributed by atoms with E-state index in [0.717, 1.165) is 43.7 Å². The van der Waals surface area contributed by atoms with Crippen molar-refractivity contribution in [3.05, 3.63) is 23.4 Å². The number of nitrogens with one attached hydrogen (secondary N) is 3. The number of aliphatic hydroxyl groups is 3. The van der Waals surface area contributed by atoms with Crippen LogP contribution >= 0.6 is 0 Å². The van der Waals surface area contributed by atoms with E-state index < -0.39 is 23.8 Å². The number of hydrogen-bond acceptors (Lipinski definition) is 7. The van der Waals surface area contributed by atoms with E-state index in [2.05, 4.69) is 33.1 Å². The third-order valence-electron chi connectivity index (χ3n) is 6.32. The minimum atomic E-state index is -1.87. The number of rotatable bonds is 8. The number of carbonyl (C=O) groups is 2. The van der Waals surface area contributed by atoms with Crippen molar-refractivity contribution in [2.24, 2.45) is 5.92 Å². The molecule has 2 amide bonds. The smallest absolute Gasteiger partial charge is 0.223 e. The summed E-state index contributed by atoms with van der Waals surface area (Å²) in [6.07, 6.45) is 3.15. The lowest BCUT2D eigenvalue weighted by molar-refractivity contribution is -0.156. The Morgan fingerprint density at radius 3 is 2.71 bits per heavy atom. The number of pyridine rings is 1. The molecule has 1 fully saturated rings. The Labute approximate surface area is 182 Å². The van der Waals surface area contributed by atoms with Gasteiger partial charge in [0.1, 0.15) is 11.9 Å². The zero-order valence-corrected chi connectivity index (χ0v) is 18.1. The molecule has 0 saturated heterocycles. The maximum absolute atomic E-state index is 12.5. The monoisotopic (exact) mass is 434 g/mol. The summed E-state index contributed by atoms with van der Waals surface area (Å²) in [7, 11) is 0. The standard InChI is InChI=1S/C22H34N4O5/c1-14(27)25-18(21(29)30)22(31)10-8-16(9-11-22)20(28)24-13-3-5-17-7-6-15-4-2-12-23-19(15)26-17/h6-7,16,18,21,29-31H,2-5,8-13H2,1H3,(H,23,26)(H,24,28)(H,25,27). The first-order valence-electron chi connectivity index (χ1n) is 11.1. The molecule has 1 aromatic rings. The van der Waals surface area contributed by atoms with Crippen LogP contribution in [-0.4, -0.2) is 63.1 Å². The number of hydrogen-bond donors (Lipinski definition) is 6. The predicted molar refractivity (Wildman–Crippen MR) is 115 cm³/mol. The Kier molecular flexibility index (Phi) is 7.85. The van der Waals surface area contributed by atoms with Crippen LogP contribution in [0.3, 0.4) is 0 Å². The van der Waals surface area contributed by atoms with Gasteiger partial charge in [0.05, 0.1) is 5.60 Å². The molecule has 1 aliphatic carbocycles. The zero-order valence-electron chi connectivity index (χ0n) is 18.1. The third kappa shape index (κ3) is 6.15. The average Bonchev–Trinajstić information content (AvgIpc) is 2.75. The fourth-order valence-electron chi connectivity index (χ4n) is 4.53. The van der Waals surface area contributed by atoms with Crippen LogP contribution in [0.4, 0.5) is 5.82 Å². The number of aliphatic hydroxyl groups excluding tert-OH is 1. The Hall–Kier alpha value is -2.23. The number of fused-ring (bicyclic) bond motifs is 1. The first-order valence-corrected chi connectivity index (χ1v) is 11.1. The molecule has 9 heteroatoms. The van der Waals surface area contributed by atoms with Crippen LogP contribution in [0.5, 0.6) is 0 Å². The molecule has 3 rings (SSSR count). The van der Waals surface area contributed by atoms with Gasteiger partial charge in [0.15, 0.2) is 6.29 Å². The number of aryl methyl sites for hydroxylation is 2. The molecule has 9 nitrogen and oxygen atoms in total. The molecule has 1 unspecified atom stereocenters. The minimum Gasteiger partial charge on any atom is -0.388 e. The lowest BCUT2D eigenvalue weighted by Crippen LogP contribution is -2.60. The van der Waals surface area contributed by atoms with Crippen LogP contribution in [-0.2, 0) is 22.4 Å². The van der Waals surface area contributed by atoms with Gasteiger partial charge in [-0.2, -0.15) is 0 Å². The average molecular weight is 435 g/mol. The molecule has 0 spiro atoms. The summed E-state index contributed by atoms with van der Waals surface area (Å²) >= 11 is 0. The molecule has 1 aromatic heterocycles. The van der Waals surface area contributed by atoms with Gasteiger partial charge in [0.2, 0.25) is 11.8 Å². The molecule has 1 saturated carbocycles. The van der Waals surface area contributed by atoms with Gasteiger partial charge >= 0.3 is 0 Å². The lowest BCUT2D eigenvalue weighted by atomic mass is 9.74. The normalized spacial score (nSPS) is 24.1. The van der Waals surface area contributed by atoms with Gasteiger partial charge in [-0.1, -0.05) is 6.07 Å². The zero-order chi connectivity index (χ0) is 22.4. The van der Waals surface area contributed by atoms with Crippen molar-refractivity contribution in [2.45, 2.75) is 76.2 Å². The molecule has 172 valence electrons. The van der Waals surface area contributed by atoms with E-state index in [4.69, 9.17) is 0 Å². The minimum absolute atomic E-state index is 0.0530. The number of aromatic nitrogens is 1. The SMILES string of the molecule is CC(=O)NC(C(O)O)C1(O)CCC(C(=O)NCCCc2ccc3c(n2)NCCC3)CC1. The molecule has 0 radical (unpaired) electrons. The van der Waals surface area contributed by atoms with Gasteiger partial charge in [-0.15, -0.1) is 0 Å². The summed E-state index contributed by atoms with van der Waals surface area (Å²) < 4.78 is 0. The number of amides is 2. The van der Waals surface area contributed by atoms with Crippen molar-refractivity contribution >= 4 is 17.6 Å². The molecule has 2 aliphatic rings. The van der Waals surface area contributed by atoms with Crippen molar-refractivity contribution in [3.63, 3.8) is 0 Å². The second-order valence-corrected chi connectivity index (χ2v) is 8.70. The Morgan fingerprint density at radius 1 is 1.29 bits per heavy atom. The molecule has 0 aromatic carbocycles. The molecule has 1 atom stereocenters. The summed E-state index contributed by atoms with van der Waals surface area (Å²) in [5.41, 5.74) is 0.828. The molecular formula is C22H34N4O5. The van der Waals surface area contributed by atoms with Gasteiger partial charge < -0.3 is 31.3 Å². The highest BCUT2D eigenvalue weighted by Gasteiger charge is 2.45. The van der Waals surface area contributed by atoms with E-state index in [9.17, 15) is 24.9 Å². The van der Waals surface area contributed by atoms with E-state index in [1.54, 1.807) is 0 Å². The Bertz CT molecular complexity index is 777. The second-order valence-electron chi connectivity index (χ2n) is 8.70. The van der Waals surface area contributed by atoms with Crippen LogP contribution in [0.15, 0.2) is 12.1 Å². The molecule has 6 N–H and O–H groups in total. The highest BCUT2D eigenvalue weighted by atomic mass is 16.5. The topological polar surface area (TPSA) is 144 Å². The molecule has 1 aliphatic heterocycles. The third-order valence-corrected chi connectivity index (χ3v) is 6.32. The van der Waals surface area contributed by atoms with Crippen molar-refractivity contribution in [3.8, 4) is 0 Å². The van der Waals surface area contributed by atoms with Crippen molar-refractivity contribution in [1.82, 2.24) is 15.6 Å². The van der Waals surface area contributed by atoms with Crippen LogP contribution in [0.1, 0.15) is 56.7 Å². The summed E-state index contributed by atoms with van der Waals surface area (Å²) in [6.45, 7) is 2.77. The van der Waals surface area contributed by atoms with Crippen LogP contribution in [0.25, 0.3) is 0 Å². The predicted octanol–water partition coefficient (Wildman–Crippen LogP) is 0.225. The molecular weight excluding hydrogens is 400 g/mol.